The van der Waals surface area contributed by atoms with Gasteiger partial charge in [-0.15, -0.1) is 0 Å². The quantitative estimate of drug-likeness (QED) is 0.453. The van der Waals surface area contributed by atoms with Crippen LogP contribution in [0.1, 0.15) is 52.0 Å². The third kappa shape index (κ3) is 7.34. The molecule has 190 valence electrons. The molecule has 2 fully saturated rings. The maximum atomic E-state index is 12.4. The third-order valence-electron chi connectivity index (χ3n) is 6.67. The Morgan fingerprint density at radius 2 is 1.80 bits per heavy atom. The van der Waals surface area contributed by atoms with Crippen LogP contribution in [0.4, 0.5) is 10.5 Å². The SMILES string of the molecule is CC(C)(C)OC(=O)N1CC[C@H]1COc1ncccc1N1CCC(CCOCc2ccccc2)CC1. The van der Waals surface area contributed by atoms with E-state index in [0.29, 0.717) is 31.6 Å². The van der Waals surface area contributed by atoms with E-state index in [-0.39, 0.29) is 12.1 Å². The number of hydrogen-bond donors (Lipinski definition) is 0. The number of amides is 1. The van der Waals surface area contributed by atoms with Crippen molar-refractivity contribution in [3.8, 4) is 5.88 Å². The minimum atomic E-state index is -0.494. The molecule has 3 heterocycles. The first-order chi connectivity index (χ1) is 16.9. The fourth-order valence-corrected chi connectivity index (χ4v) is 4.56. The third-order valence-corrected chi connectivity index (χ3v) is 6.67. The monoisotopic (exact) mass is 481 g/mol. The van der Waals surface area contributed by atoms with Crippen molar-refractivity contribution in [3.05, 3.63) is 54.2 Å². The predicted octanol–water partition coefficient (Wildman–Crippen LogP) is 5.29. The Balaban J connectivity index is 1.21. The van der Waals surface area contributed by atoms with Gasteiger partial charge in [0.2, 0.25) is 5.88 Å². The number of benzene rings is 1. The Bertz CT molecular complexity index is 939. The molecule has 35 heavy (non-hydrogen) atoms. The van der Waals surface area contributed by atoms with E-state index in [2.05, 4.69) is 28.1 Å². The van der Waals surface area contributed by atoms with Crippen molar-refractivity contribution in [1.82, 2.24) is 9.88 Å². The van der Waals surface area contributed by atoms with Crippen molar-refractivity contribution in [2.45, 2.75) is 64.7 Å². The molecule has 1 aromatic carbocycles. The molecule has 0 N–H and O–H groups in total. The molecule has 2 aliphatic rings. The highest BCUT2D eigenvalue weighted by molar-refractivity contribution is 5.69. The molecular formula is C28H39N3O4. The normalized spacial score (nSPS) is 18.8. The van der Waals surface area contributed by atoms with E-state index >= 15 is 0 Å². The van der Waals surface area contributed by atoms with E-state index in [1.807, 2.05) is 45.0 Å². The molecule has 0 spiro atoms. The first kappa shape index (κ1) is 25.3. The van der Waals surface area contributed by atoms with Crippen LogP contribution in [0.2, 0.25) is 0 Å². The molecule has 1 amide bonds. The summed E-state index contributed by atoms with van der Waals surface area (Å²) in [6.45, 7) is 10.3. The molecule has 7 heteroatoms. The molecule has 4 rings (SSSR count). The van der Waals surface area contributed by atoms with Crippen LogP contribution in [0.25, 0.3) is 0 Å². The molecule has 7 nitrogen and oxygen atoms in total. The summed E-state index contributed by atoms with van der Waals surface area (Å²) in [5.74, 6) is 1.33. The molecule has 1 atom stereocenters. The first-order valence-corrected chi connectivity index (χ1v) is 12.8. The lowest BCUT2D eigenvalue weighted by molar-refractivity contribution is -0.0144. The van der Waals surface area contributed by atoms with Crippen LogP contribution in [0.15, 0.2) is 48.7 Å². The standard InChI is InChI=1S/C28H39N3O4/c1-28(2,3)35-27(32)31-18-13-24(31)21-34-26-25(10-7-15-29-26)30-16-11-22(12-17-30)14-19-33-20-23-8-5-4-6-9-23/h4-10,15,22,24H,11-14,16-21H2,1-3H3/t24-/m0/s1. The van der Waals surface area contributed by atoms with Gasteiger partial charge in [0.25, 0.3) is 0 Å². The van der Waals surface area contributed by atoms with Crippen LogP contribution in [-0.2, 0) is 16.1 Å². The molecule has 0 bridgehead atoms. The molecule has 2 saturated heterocycles. The largest absolute Gasteiger partial charge is 0.474 e. The Hall–Kier alpha value is -2.80. The number of anilines is 1. The number of carbonyl (C=O) groups is 1. The zero-order valence-electron chi connectivity index (χ0n) is 21.3. The lowest BCUT2D eigenvalue weighted by Crippen LogP contribution is -2.55. The van der Waals surface area contributed by atoms with E-state index in [1.54, 1.807) is 11.1 Å². The fraction of sp³-hybridized carbons (Fsp3) is 0.571. The van der Waals surface area contributed by atoms with Gasteiger partial charge in [-0.25, -0.2) is 9.78 Å². The summed E-state index contributed by atoms with van der Waals surface area (Å²) >= 11 is 0. The second-order valence-corrected chi connectivity index (χ2v) is 10.5. The summed E-state index contributed by atoms with van der Waals surface area (Å²) in [4.78, 5) is 21.0. The van der Waals surface area contributed by atoms with E-state index in [1.165, 1.54) is 5.56 Å². The second kappa shape index (κ2) is 11.8. The Labute approximate surface area is 209 Å². The maximum absolute atomic E-state index is 12.4. The summed E-state index contributed by atoms with van der Waals surface area (Å²) < 4.78 is 17.5. The molecule has 0 radical (unpaired) electrons. The highest BCUT2D eigenvalue weighted by Gasteiger charge is 2.36. The average Bonchev–Trinajstić information content (AvgIpc) is 2.81. The molecule has 0 aliphatic carbocycles. The van der Waals surface area contributed by atoms with Crippen LogP contribution in [0.3, 0.4) is 0 Å². The van der Waals surface area contributed by atoms with E-state index < -0.39 is 5.60 Å². The maximum Gasteiger partial charge on any atom is 0.410 e. The highest BCUT2D eigenvalue weighted by Crippen LogP contribution is 2.31. The molecule has 0 saturated carbocycles. The molecule has 0 unspecified atom stereocenters. The van der Waals surface area contributed by atoms with Crippen LogP contribution >= 0.6 is 0 Å². The van der Waals surface area contributed by atoms with Gasteiger partial charge in [0.05, 0.1) is 18.3 Å². The fourth-order valence-electron chi connectivity index (χ4n) is 4.56. The molecule has 2 aliphatic heterocycles. The summed E-state index contributed by atoms with van der Waals surface area (Å²) in [6, 6.07) is 14.4. The number of rotatable bonds is 9. The van der Waals surface area contributed by atoms with Crippen molar-refractivity contribution in [1.29, 1.82) is 0 Å². The second-order valence-electron chi connectivity index (χ2n) is 10.5. The van der Waals surface area contributed by atoms with Gasteiger partial charge in [-0.05, 0) is 70.1 Å². The van der Waals surface area contributed by atoms with Gasteiger partial charge < -0.3 is 24.0 Å². The lowest BCUT2D eigenvalue weighted by atomic mass is 9.93. The Morgan fingerprint density at radius 3 is 2.49 bits per heavy atom. The van der Waals surface area contributed by atoms with Crippen LogP contribution in [0, 0.1) is 5.92 Å². The van der Waals surface area contributed by atoms with Crippen molar-refractivity contribution in [2.24, 2.45) is 5.92 Å². The van der Waals surface area contributed by atoms with E-state index in [9.17, 15) is 4.79 Å². The predicted molar refractivity (Wildman–Crippen MR) is 137 cm³/mol. The number of nitrogens with zero attached hydrogens (tertiary/aromatic N) is 3. The summed E-state index contributed by atoms with van der Waals surface area (Å²) in [6.07, 6.45) is 5.78. The molecule has 2 aromatic rings. The van der Waals surface area contributed by atoms with E-state index in [4.69, 9.17) is 14.2 Å². The lowest BCUT2D eigenvalue weighted by Gasteiger charge is -2.41. The summed E-state index contributed by atoms with van der Waals surface area (Å²) in [5, 5.41) is 0. The van der Waals surface area contributed by atoms with Gasteiger partial charge in [-0.2, -0.15) is 0 Å². The Morgan fingerprint density at radius 1 is 1.03 bits per heavy atom. The van der Waals surface area contributed by atoms with E-state index in [0.717, 1.165) is 51.1 Å². The van der Waals surface area contributed by atoms with Crippen molar-refractivity contribution in [2.75, 3.05) is 37.7 Å². The average molecular weight is 482 g/mol. The van der Waals surface area contributed by atoms with Gasteiger partial charge >= 0.3 is 6.09 Å². The molecular weight excluding hydrogens is 442 g/mol. The number of likely N-dealkylation sites (tertiary alicyclic amines) is 1. The van der Waals surface area contributed by atoms with Gasteiger partial charge in [0, 0.05) is 32.4 Å². The van der Waals surface area contributed by atoms with Gasteiger partial charge in [-0.1, -0.05) is 30.3 Å². The zero-order valence-corrected chi connectivity index (χ0v) is 21.3. The van der Waals surface area contributed by atoms with Crippen molar-refractivity contribution < 1.29 is 19.0 Å². The minimum Gasteiger partial charge on any atom is -0.474 e. The topological polar surface area (TPSA) is 64.1 Å². The number of aromatic nitrogens is 1. The summed E-state index contributed by atoms with van der Waals surface area (Å²) in [7, 11) is 0. The van der Waals surface area contributed by atoms with Crippen LogP contribution < -0.4 is 9.64 Å². The van der Waals surface area contributed by atoms with Crippen molar-refractivity contribution >= 4 is 11.8 Å². The zero-order chi connectivity index (χ0) is 24.7. The van der Waals surface area contributed by atoms with Crippen LogP contribution in [0.5, 0.6) is 5.88 Å². The smallest absolute Gasteiger partial charge is 0.410 e. The number of carbonyl (C=O) groups excluding carboxylic acids is 1. The summed E-state index contributed by atoms with van der Waals surface area (Å²) in [5.41, 5.74) is 1.77. The van der Waals surface area contributed by atoms with Gasteiger partial charge in [0.15, 0.2) is 0 Å². The van der Waals surface area contributed by atoms with Crippen LogP contribution in [-0.4, -0.2) is 60.5 Å². The number of pyridine rings is 1. The Kier molecular flexibility index (Phi) is 8.50. The number of piperidine rings is 1. The van der Waals surface area contributed by atoms with Gasteiger partial charge in [0.1, 0.15) is 12.2 Å². The van der Waals surface area contributed by atoms with Crippen molar-refractivity contribution in [3.63, 3.8) is 0 Å². The minimum absolute atomic E-state index is 0.0290. The number of ether oxygens (including phenoxy) is 3. The number of hydrogen-bond acceptors (Lipinski definition) is 6. The highest BCUT2D eigenvalue weighted by atomic mass is 16.6. The van der Waals surface area contributed by atoms with Gasteiger partial charge in [-0.3, -0.25) is 0 Å². The first-order valence-electron chi connectivity index (χ1n) is 12.8. The molecule has 1 aromatic heterocycles.